The maximum Gasteiger partial charge on any atom is 0.0472 e. The fourth-order valence-electron chi connectivity index (χ4n) is 2.49. The molecular weight excluding hydrogens is 264 g/mol. The van der Waals surface area contributed by atoms with Gasteiger partial charge in [-0.3, -0.25) is 4.90 Å². The molecule has 0 bridgehead atoms. The van der Waals surface area contributed by atoms with E-state index >= 15 is 0 Å². The molecule has 0 fully saturated rings. The second-order valence-corrected chi connectivity index (χ2v) is 6.58. The Hall–Kier alpha value is -0.510. The molecule has 0 aliphatic heterocycles. The van der Waals surface area contributed by atoms with E-state index in [1.807, 2.05) is 11.8 Å². The Labute approximate surface area is 129 Å². The van der Waals surface area contributed by atoms with Gasteiger partial charge in [-0.05, 0) is 25.3 Å². The Morgan fingerprint density at radius 1 is 1.20 bits per heavy atom. The quantitative estimate of drug-likeness (QED) is 0.746. The van der Waals surface area contributed by atoms with Gasteiger partial charge >= 0.3 is 0 Å². The molecule has 3 heteroatoms. The summed E-state index contributed by atoms with van der Waals surface area (Å²) < 4.78 is 0. The number of thioether (sulfide) groups is 1. The van der Waals surface area contributed by atoms with E-state index in [4.69, 9.17) is 0 Å². The molecule has 0 heterocycles. The van der Waals surface area contributed by atoms with Gasteiger partial charge in [-0.15, -0.1) is 0 Å². The molecule has 1 rings (SSSR count). The number of likely N-dealkylation sites (N-methyl/N-ethyl adjacent to an activating group) is 1. The Morgan fingerprint density at radius 3 is 2.35 bits per heavy atom. The third kappa shape index (κ3) is 5.47. The van der Waals surface area contributed by atoms with Crippen molar-refractivity contribution >= 4 is 11.8 Å². The number of hydrogen-bond donors (Lipinski definition) is 1. The molecule has 2 atom stereocenters. The Kier molecular flexibility index (Phi) is 8.27. The monoisotopic (exact) mass is 294 g/mol. The van der Waals surface area contributed by atoms with Gasteiger partial charge in [-0.1, -0.05) is 51.1 Å². The summed E-state index contributed by atoms with van der Waals surface area (Å²) in [7, 11) is 2.27. The fraction of sp³-hybridized carbons (Fsp3) is 0.647. The van der Waals surface area contributed by atoms with E-state index in [0.29, 0.717) is 18.1 Å². The zero-order chi connectivity index (χ0) is 15.0. The molecule has 1 N–H and O–H groups in total. The average Bonchev–Trinajstić information content (AvgIpc) is 2.45. The summed E-state index contributed by atoms with van der Waals surface area (Å²) in [6.07, 6.45) is 3.39. The summed E-state index contributed by atoms with van der Waals surface area (Å²) >= 11 is 1.94. The van der Waals surface area contributed by atoms with Gasteiger partial charge < -0.3 is 5.32 Å². The van der Waals surface area contributed by atoms with E-state index < -0.39 is 0 Å². The minimum Gasteiger partial charge on any atom is -0.313 e. The van der Waals surface area contributed by atoms with Crippen LogP contribution in [0.1, 0.15) is 38.8 Å². The highest BCUT2D eigenvalue weighted by Gasteiger charge is 2.22. The van der Waals surface area contributed by atoms with Crippen LogP contribution in [-0.2, 0) is 0 Å². The number of rotatable bonds is 9. The summed E-state index contributed by atoms with van der Waals surface area (Å²) in [5, 5.41) is 3.60. The van der Waals surface area contributed by atoms with Gasteiger partial charge in [0.05, 0.1) is 0 Å². The number of nitrogens with zero attached hydrogens (tertiary/aromatic N) is 1. The summed E-state index contributed by atoms with van der Waals surface area (Å²) in [5.41, 5.74) is 1.41. The van der Waals surface area contributed by atoms with E-state index in [-0.39, 0.29) is 0 Å². The van der Waals surface area contributed by atoms with Gasteiger partial charge in [0.25, 0.3) is 0 Å². The average molecular weight is 295 g/mol. The van der Waals surface area contributed by atoms with Crippen LogP contribution >= 0.6 is 11.8 Å². The maximum atomic E-state index is 3.60. The molecule has 0 saturated heterocycles. The predicted molar refractivity (Wildman–Crippen MR) is 92.5 cm³/mol. The van der Waals surface area contributed by atoms with Crippen LogP contribution in [0.4, 0.5) is 0 Å². The Morgan fingerprint density at radius 2 is 1.85 bits per heavy atom. The molecular formula is C17H30N2S. The highest BCUT2D eigenvalue weighted by Crippen LogP contribution is 2.23. The van der Waals surface area contributed by atoms with Crippen molar-refractivity contribution in [1.29, 1.82) is 0 Å². The molecule has 0 amide bonds. The van der Waals surface area contributed by atoms with Crippen LogP contribution in [0.2, 0.25) is 0 Å². The molecule has 0 saturated carbocycles. The largest absolute Gasteiger partial charge is 0.313 e. The van der Waals surface area contributed by atoms with Crippen LogP contribution < -0.4 is 5.32 Å². The summed E-state index contributed by atoms with van der Waals surface area (Å²) in [5.74, 6) is 1.19. The maximum absolute atomic E-state index is 3.60. The van der Waals surface area contributed by atoms with E-state index in [0.717, 1.165) is 6.54 Å². The molecule has 114 valence electrons. The molecule has 0 aromatic heterocycles. The molecule has 0 aliphatic carbocycles. The van der Waals surface area contributed by atoms with Crippen molar-refractivity contribution in [1.82, 2.24) is 10.2 Å². The first-order valence-corrected chi connectivity index (χ1v) is 8.98. The van der Waals surface area contributed by atoms with Crippen molar-refractivity contribution in [3.63, 3.8) is 0 Å². The van der Waals surface area contributed by atoms with Crippen LogP contribution in [0.5, 0.6) is 0 Å². The summed E-state index contributed by atoms with van der Waals surface area (Å²) in [6.45, 7) is 7.71. The molecule has 0 radical (unpaired) electrons. The number of nitrogens with one attached hydrogen (secondary N) is 1. The van der Waals surface area contributed by atoms with Crippen LogP contribution in [0.25, 0.3) is 0 Å². The first kappa shape index (κ1) is 17.5. The van der Waals surface area contributed by atoms with Crippen molar-refractivity contribution in [2.24, 2.45) is 0 Å². The van der Waals surface area contributed by atoms with Gasteiger partial charge in [0, 0.05) is 30.4 Å². The third-order valence-electron chi connectivity index (χ3n) is 3.80. The van der Waals surface area contributed by atoms with Crippen molar-refractivity contribution in [3.8, 4) is 0 Å². The molecule has 2 nitrogen and oxygen atoms in total. The normalized spacial score (nSPS) is 14.8. The SMILES string of the molecule is CCC(CSC)N(C)C(CNC(C)C)c1ccccc1. The van der Waals surface area contributed by atoms with Gasteiger partial charge in [0.15, 0.2) is 0 Å². The fourth-order valence-corrected chi connectivity index (χ4v) is 3.35. The van der Waals surface area contributed by atoms with Gasteiger partial charge in [0.1, 0.15) is 0 Å². The standard InChI is InChI=1S/C17H30N2S/c1-6-16(13-20-5)19(4)17(12-18-14(2)3)15-10-8-7-9-11-15/h7-11,14,16-18H,6,12-13H2,1-5H3. The van der Waals surface area contributed by atoms with Gasteiger partial charge in [-0.25, -0.2) is 0 Å². The topological polar surface area (TPSA) is 15.3 Å². The zero-order valence-corrected chi connectivity index (χ0v) is 14.4. The van der Waals surface area contributed by atoms with E-state index in [2.05, 4.69) is 74.6 Å². The van der Waals surface area contributed by atoms with E-state index in [1.54, 1.807) is 0 Å². The number of benzene rings is 1. The Balaban J connectivity index is 2.85. The molecule has 0 aliphatic rings. The third-order valence-corrected chi connectivity index (χ3v) is 4.52. The first-order chi connectivity index (χ1) is 9.60. The van der Waals surface area contributed by atoms with Crippen molar-refractivity contribution in [2.75, 3.05) is 25.6 Å². The lowest BCUT2D eigenvalue weighted by Gasteiger charge is -2.35. The number of hydrogen-bond acceptors (Lipinski definition) is 3. The van der Waals surface area contributed by atoms with Crippen LogP contribution in [-0.4, -0.2) is 42.6 Å². The van der Waals surface area contributed by atoms with Crippen molar-refractivity contribution < 1.29 is 0 Å². The van der Waals surface area contributed by atoms with E-state index in [9.17, 15) is 0 Å². The smallest absolute Gasteiger partial charge is 0.0472 e. The predicted octanol–water partition coefficient (Wildman–Crippen LogP) is 3.80. The van der Waals surface area contributed by atoms with Gasteiger partial charge in [-0.2, -0.15) is 11.8 Å². The Bertz CT molecular complexity index is 353. The highest BCUT2D eigenvalue weighted by molar-refractivity contribution is 7.98. The first-order valence-electron chi connectivity index (χ1n) is 7.59. The molecule has 2 unspecified atom stereocenters. The van der Waals surface area contributed by atoms with Crippen LogP contribution in [0.3, 0.4) is 0 Å². The van der Waals surface area contributed by atoms with Crippen molar-refractivity contribution in [3.05, 3.63) is 35.9 Å². The van der Waals surface area contributed by atoms with Gasteiger partial charge in [0.2, 0.25) is 0 Å². The van der Waals surface area contributed by atoms with Crippen LogP contribution in [0.15, 0.2) is 30.3 Å². The van der Waals surface area contributed by atoms with E-state index in [1.165, 1.54) is 17.7 Å². The molecule has 1 aromatic carbocycles. The lowest BCUT2D eigenvalue weighted by Crippen LogP contribution is -2.42. The zero-order valence-electron chi connectivity index (χ0n) is 13.6. The lowest BCUT2D eigenvalue weighted by molar-refractivity contribution is 0.177. The highest BCUT2D eigenvalue weighted by atomic mass is 32.2. The lowest BCUT2D eigenvalue weighted by atomic mass is 10.0. The minimum absolute atomic E-state index is 0.440. The van der Waals surface area contributed by atoms with Crippen LogP contribution in [0, 0.1) is 0 Å². The molecule has 1 aromatic rings. The second kappa shape index (κ2) is 9.43. The summed E-state index contributed by atoms with van der Waals surface area (Å²) in [4.78, 5) is 2.54. The second-order valence-electron chi connectivity index (χ2n) is 5.67. The van der Waals surface area contributed by atoms with Crippen molar-refractivity contribution in [2.45, 2.75) is 45.3 Å². The summed E-state index contributed by atoms with van der Waals surface area (Å²) in [6, 6.07) is 12.5. The molecule has 20 heavy (non-hydrogen) atoms. The molecule has 0 spiro atoms. The minimum atomic E-state index is 0.440.